The minimum absolute atomic E-state index is 0.315. The van der Waals surface area contributed by atoms with E-state index in [1.807, 2.05) is 78.9 Å². The van der Waals surface area contributed by atoms with Gasteiger partial charge in [-0.15, -0.1) is 0 Å². The normalized spacial score (nSPS) is 10.5. The highest BCUT2D eigenvalue weighted by atomic mass is 16.5. The van der Waals surface area contributed by atoms with Crippen molar-refractivity contribution in [1.82, 2.24) is 4.98 Å². The van der Waals surface area contributed by atoms with Gasteiger partial charge in [0, 0.05) is 24.1 Å². The second-order valence-corrected chi connectivity index (χ2v) is 6.53. The van der Waals surface area contributed by atoms with Crippen molar-refractivity contribution < 1.29 is 14.3 Å². The van der Waals surface area contributed by atoms with Gasteiger partial charge in [0.15, 0.2) is 5.75 Å². The van der Waals surface area contributed by atoms with Crippen LogP contribution in [-0.4, -0.2) is 11.0 Å². The van der Waals surface area contributed by atoms with Gasteiger partial charge in [-0.25, -0.2) is 4.98 Å². The molecule has 5 nitrogen and oxygen atoms in total. The number of carbonyl (C=O) groups excluding carboxylic acids is 1. The van der Waals surface area contributed by atoms with Gasteiger partial charge in [-0.3, -0.25) is 4.79 Å². The zero-order chi connectivity index (χ0) is 20.1. The SMILES string of the molecule is CC(=O)Oc1cc(OCc2ccc3ccccc3n2)ccc1Nc1ccccc1. The molecule has 144 valence electrons. The topological polar surface area (TPSA) is 60.5 Å². The van der Waals surface area contributed by atoms with Crippen LogP contribution in [0.15, 0.2) is 84.9 Å². The predicted molar refractivity (Wildman–Crippen MR) is 114 cm³/mol. The number of rotatable bonds is 6. The van der Waals surface area contributed by atoms with Crippen LogP contribution in [0, 0.1) is 0 Å². The van der Waals surface area contributed by atoms with E-state index in [0.717, 1.165) is 22.3 Å². The molecule has 0 fully saturated rings. The molecule has 0 saturated carbocycles. The number of hydrogen-bond donors (Lipinski definition) is 1. The van der Waals surface area contributed by atoms with E-state index in [4.69, 9.17) is 9.47 Å². The number of hydrogen-bond acceptors (Lipinski definition) is 5. The van der Waals surface area contributed by atoms with E-state index < -0.39 is 5.97 Å². The molecule has 0 aliphatic heterocycles. The lowest BCUT2D eigenvalue weighted by Crippen LogP contribution is -2.05. The summed E-state index contributed by atoms with van der Waals surface area (Å²) >= 11 is 0. The summed E-state index contributed by atoms with van der Waals surface area (Å²) in [5.41, 5.74) is 3.33. The number of pyridine rings is 1. The third kappa shape index (κ3) is 4.71. The number of benzene rings is 3. The Morgan fingerprint density at radius 2 is 1.72 bits per heavy atom. The molecule has 4 aromatic rings. The molecule has 1 N–H and O–H groups in total. The molecule has 1 aromatic heterocycles. The fourth-order valence-corrected chi connectivity index (χ4v) is 2.96. The van der Waals surface area contributed by atoms with Crippen LogP contribution in [0.2, 0.25) is 0 Å². The Balaban J connectivity index is 1.52. The molecule has 5 heteroatoms. The Hall–Kier alpha value is -3.86. The third-order valence-corrected chi connectivity index (χ3v) is 4.30. The number of ether oxygens (including phenoxy) is 2. The lowest BCUT2D eigenvalue weighted by molar-refractivity contribution is -0.131. The zero-order valence-corrected chi connectivity index (χ0v) is 16.0. The van der Waals surface area contributed by atoms with Crippen molar-refractivity contribution in [3.8, 4) is 11.5 Å². The lowest BCUT2D eigenvalue weighted by Gasteiger charge is -2.14. The van der Waals surface area contributed by atoms with Gasteiger partial charge in [0.1, 0.15) is 12.4 Å². The van der Waals surface area contributed by atoms with Crippen molar-refractivity contribution in [2.24, 2.45) is 0 Å². The van der Waals surface area contributed by atoms with Crippen LogP contribution in [-0.2, 0) is 11.4 Å². The van der Waals surface area contributed by atoms with E-state index in [1.54, 1.807) is 6.07 Å². The molecule has 0 bridgehead atoms. The highest BCUT2D eigenvalue weighted by molar-refractivity contribution is 5.78. The molecule has 0 saturated heterocycles. The second-order valence-electron chi connectivity index (χ2n) is 6.53. The zero-order valence-electron chi connectivity index (χ0n) is 16.0. The average molecular weight is 384 g/mol. The van der Waals surface area contributed by atoms with Crippen LogP contribution < -0.4 is 14.8 Å². The number of carbonyl (C=O) groups is 1. The third-order valence-electron chi connectivity index (χ3n) is 4.30. The summed E-state index contributed by atoms with van der Waals surface area (Å²) in [6, 6.07) is 27.0. The van der Waals surface area contributed by atoms with Crippen molar-refractivity contribution in [3.05, 3.63) is 90.6 Å². The Morgan fingerprint density at radius 3 is 2.55 bits per heavy atom. The largest absolute Gasteiger partial charge is 0.487 e. The molecule has 0 aliphatic rings. The van der Waals surface area contributed by atoms with Crippen LogP contribution in [0.4, 0.5) is 11.4 Å². The molecule has 0 atom stereocenters. The fourth-order valence-electron chi connectivity index (χ4n) is 2.96. The highest BCUT2D eigenvalue weighted by Crippen LogP contribution is 2.32. The molecule has 4 rings (SSSR count). The fraction of sp³-hybridized carbons (Fsp3) is 0.0833. The summed E-state index contributed by atoms with van der Waals surface area (Å²) in [5, 5.41) is 4.34. The Morgan fingerprint density at radius 1 is 0.931 bits per heavy atom. The van der Waals surface area contributed by atoms with Crippen LogP contribution in [0.3, 0.4) is 0 Å². The van der Waals surface area contributed by atoms with Gasteiger partial charge in [-0.05, 0) is 36.4 Å². The average Bonchev–Trinajstić information content (AvgIpc) is 2.74. The number of esters is 1. The van der Waals surface area contributed by atoms with Gasteiger partial charge in [0.05, 0.1) is 16.9 Å². The molecule has 0 spiro atoms. The minimum atomic E-state index is -0.394. The van der Waals surface area contributed by atoms with Crippen LogP contribution >= 0.6 is 0 Å². The molecular formula is C24H20N2O3. The molecule has 0 radical (unpaired) electrons. The number of para-hydroxylation sites is 2. The number of nitrogens with one attached hydrogen (secondary N) is 1. The summed E-state index contributed by atoms with van der Waals surface area (Å²) in [6.45, 7) is 1.69. The summed E-state index contributed by atoms with van der Waals surface area (Å²) in [6.07, 6.45) is 0. The van der Waals surface area contributed by atoms with Gasteiger partial charge in [0.25, 0.3) is 0 Å². The Kier molecular flexibility index (Phi) is 5.38. The predicted octanol–water partition coefficient (Wildman–Crippen LogP) is 5.48. The smallest absolute Gasteiger partial charge is 0.308 e. The van der Waals surface area contributed by atoms with Crippen LogP contribution in [0.5, 0.6) is 11.5 Å². The summed E-state index contributed by atoms with van der Waals surface area (Å²) < 4.78 is 11.3. The van der Waals surface area contributed by atoms with E-state index >= 15 is 0 Å². The maximum atomic E-state index is 11.5. The maximum Gasteiger partial charge on any atom is 0.308 e. The second kappa shape index (κ2) is 8.44. The number of fused-ring (bicyclic) bond motifs is 1. The maximum absolute atomic E-state index is 11.5. The van der Waals surface area contributed by atoms with Gasteiger partial charge in [-0.1, -0.05) is 42.5 Å². The first kappa shape index (κ1) is 18.5. The molecule has 0 amide bonds. The first-order valence-electron chi connectivity index (χ1n) is 9.29. The van der Waals surface area contributed by atoms with Crippen molar-refractivity contribution in [3.63, 3.8) is 0 Å². The first-order valence-corrected chi connectivity index (χ1v) is 9.29. The minimum Gasteiger partial charge on any atom is -0.487 e. The van der Waals surface area contributed by atoms with E-state index in [1.165, 1.54) is 6.92 Å². The van der Waals surface area contributed by atoms with E-state index in [0.29, 0.717) is 23.8 Å². The number of aromatic nitrogens is 1. The number of nitrogens with zero attached hydrogens (tertiary/aromatic N) is 1. The molecule has 1 heterocycles. The van der Waals surface area contributed by atoms with Crippen molar-refractivity contribution in [1.29, 1.82) is 0 Å². The molecule has 3 aromatic carbocycles. The van der Waals surface area contributed by atoms with E-state index in [2.05, 4.69) is 10.3 Å². The summed E-state index contributed by atoms with van der Waals surface area (Å²) in [4.78, 5) is 16.1. The Labute approximate surface area is 168 Å². The quantitative estimate of drug-likeness (QED) is 0.352. The van der Waals surface area contributed by atoms with Crippen molar-refractivity contribution in [2.45, 2.75) is 13.5 Å². The van der Waals surface area contributed by atoms with Crippen molar-refractivity contribution in [2.75, 3.05) is 5.32 Å². The van der Waals surface area contributed by atoms with Gasteiger partial charge in [-0.2, -0.15) is 0 Å². The van der Waals surface area contributed by atoms with Crippen LogP contribution in [0.25, 0.3) is 10.9 Å². The molecular weight excluding hydrogens is 364 g/mol. The lowest BCUT2D eigenvalue weighted by atomic mass is 10.2. The summed E-state index contributed by atoms with van der Waals surface area (Å²) in [7, 11) is 0. The number of anilines is 2. The van der Waals surface area contributed by atoms with E-state index in [-0.39, 0.29) is 0 Å². The summed E-state index contributed by atoms with van der Waals surface area (Å²) in [5.74, 6) is 0.606. The molecule has 0 aliphatic carbocycles. The standard InChI is InChI=1S/C24H20N2O3/c1-17(27)29-24-15-21(13-14-23(24)25-19-8-3-2-4-9-19)28-16-20-12-11-18-7-5-6-10-22(18)26-20/h2-15,25H,16H2,1H3. The highest BCUT2D eigenvalue weighted by Gasteiger charge is 2.10. The van der Waals surface area contributed by atoms with Gasteiger partial charge >= 0.3 is 5.97 Å². The first-order chi connectivity index (χ1) is 14.2. The Bertz CT molecular complexity index is 1140. The van der Waals surface area contributed by atoms with Gasteiger partial charge < -0.3 is 14.8 Å². The molecule has 0 unspecified atom stereocenters. The molecule has 29 heavy (non-hydrogen) atoms. The van der Waals surface area contributed by atoms with Crippen molar-refractivity contribution >= 4 is 28.2 Å². The van der Waals surface area contributed by atoms with Gasteiger partial charge in [0.2, 0.25) is 0 Å². The van der Waals surface area contributed by atoms with E-state index in [9.17, 15) is 4.79 Å². The van der Waals surface area contributed by atoms with Crippen LogP contribution in [0.1, 0.15) is 12.6 Å². The monoisotopic (exact) mass is 384 g/mol.